The third-order valence-corrected chi connectivity index (χ3v) is 0. The van der Waals surface area contributed by atoms with Crippen LogP contribution in [0.15, 0.2) is 0 Å². The molecule has 0 fully saturated rings. The maximum atomic E-state index is 8.25. The van der Waals surface area contributed by atoms with Gasteiger partial charge in [0.05, 0.1) is 5.09 Å². The summed E-state index contributed by atoms with van der Waals surface area (Å²) in [6, 6.07) is 0. The van der Waals surface area contributed by atoms with Crippen LogP contribution in [0.5, 0.6) is 0 Å². The van der Waals surface area contributed by atoms with E-state index in [-0.39, 0.29) is 82.1 Å². The van der Waals surface area contributed by atoms with Crippen molar-refractivity contribution in [1.82, 2.24) is 0 Å². The van der Waals surface area contributed by atoms with Crippen molar-refractivity contribution in [2.24, 2.45) is 0 Å². The molecule has 6 heavy (non-hydrogen) atoms. The zero-order valence-corrected chi connectivity index (χ0v) is 7.89. The predicted molar refractivity (Wildman–Crippen MR) is 10.4 cm³/mol. The van der Waals surface area contributed by atoms with Crippen LogP contribution in [-0.2, 0) is 32.7 Å². The molecule has 0 N–H and O–H groups in total. The number of hydrogen-bond acceptors (Lipinski definition) is 3. The Morgan fingerprint density at radius 3 is 1.33 bits per heavy atom. The Kier molecular flexibility index (Phi) is 26.1. The number of hydrogen-bond donors (Lipinski definition) is 0. The topological polar surface area (TPSA) is 66.2 Å². The summed E-state index contributed by atoms with van der Waals surface area (Å²) in [5, 5.41) is 14.8. The predicted octanol–water partition coefficient (Wildman–Crippen LogP) is -0.242. The summed E-state index contributed by atoms with van der Waals surface area (Å²) >= 11 is 0. The van der Waals surface area contributed by atoms with Crippen molar-refractivity contribution in [1.29, 1.82) is 0 Å². The third kappa shape index (κ3) is 39.5. The van der Waals surface area contributed by atoms with Crippen LogP contribution >= 0.6 is 0 Å². The van der Waals surface area contributed by atoms with E-state index in [4.69, 9.17) is 15.3 Å². The molecule has 0 saturated carbocycles. The summed E-state index contributed by atoms with van der Waals surface area (Å²) < 4.78 is 0. The Bertz CT molecular complexity index is 33.8. The molecule has 29 valence electrons. The second kappa shape index (κ2) is 9.99. The molecule has 0 saturated heterocycles. The van der Waals surface area contributed by atoms with Crippen molar-refractivity contribution < 1.29 is 87.2 Å². The van der Waals surface area contributed by atoms with Crippen LogP contribution in [0.25, 0.3) is 0 Å². The normalized spacial score (nSPS) is 4.00. The van der Waals surface area contributed by atoms with E-state index >= 15 is 0 Å². The fourth-order valence-corrected chi connectivity index (χ4v) is 0. The van der Waals surface area contributed by atoms with Gasteiger partial charge in [-0.05, 0) is 0 Å². The summed E-state index contributed by atoms with van der Waals surface area (Å²) in [7, 11) is 0. The maximum Gasteiger partial charge on any atom is 3.00 e. The Labute approximate surface area is 100 Å². The van der Waals surface area contributed by atoms with Gasteiger partial charge in [-0.1, -0.05) is 0 Å². The Morgan fingerprint density at radius 1 is 1.33 bits per heavy atom. The molecule has 0 unspecified atom stereocenters. The third-order valence-electron chi connectivity index (χ3n) is 0. The molecule has 1 radical (unpaired) electrons. The largest absolute Gasteiger partial charge is 3.00 e. The van der Waals surface area contributed by atoms with E-state index in [9.17, 15) is 0 Å². The fourth-order valence-electron chi connectivity index (χ4n) is 0. The Morgan fingerprint density at radius 2 is 1.33 bits per heavy atom. The van der Waals surface area contributed by atoms with Crippen molar-refractivity contribution >= 4 is 0 Å². The van der Waals surface area contributed by atoms with E-state index in [1.165, 1.54) is 0 Å². The smallest absolute Gasteiger partial charge is 0.356 e. The zero-order valence-electron chi connectivity index (χ0n) is 2.63. The van der Waals surface area contributed by atoms with Crippen molar-refractivity contribution in [2.75, 3.05) is 0 Å². The minimum Gasteiger partial charge on any atom is -0.356 e. The van der Waals surface area contributed by atoms with E-state index in [2.05, 4.69) is 0 Å². The van der Waals surface area contributed by atoms with E-state index in [0.717, 1.165) is 0 Å². The van der Waals surface area contributed by atoms with Gasteiger partial charge in [0.15, 0.2) is 0 Å². The van der Waals surface area contributed by atoms with Gasteiger partial charge in [0.1, 0.15) is 0 Å². The molecule has 0 aromatic rings. The first-order valence-electron chi connectivity index (χ1n) is 0.548. The van der Waals surface area contributed by atoms with Gasteiger partial charge in [0, 0.05) is 0 Å². The zero-order chi connectivity index (χ0) is 3.58. The molecule has 0 heterocycles. The maximum absolute atomic E-state index is 8.25. The fraction of sp³-hybridized carbons (Fsp3) is 0. The SMILES string of the molecule is O=[N+]([O-])[O-].[Eu+2].[Y+3]. The van der Waals surface area contributed by atoms with Crippen LogP contribution in [0, 0.1) is 64.7 Å². The molecule has 0 aromatic heterocycles. The van der Waals surface area contributed by atoms with Crippen LogP contribution in [0.1, 0.15) is 0 Å². The van der Waals surface area contributed by atoms with Crippen molar-refractivity contribution in [3.63, 3.8) is 0 Å². The molecule has 0 rings (SSSR count). The molecule has 6 heteroatoms. The van der Waals surface area contributed by atoms with Gasteiger partial charge in [-0.3, -0.25) is 0 Å². The van der Waals surface area contributed by atoms with Crippen molar-refractivity contribution in [2.45, 2.75) is 0 Å². The molecular weight excluding hydrogens is 303 g/mol. The summed E-state index contributed by atoms with van der Waals surface area (Å²) in [4.78, 5) is 8.25. The minimum atomic E-state index is -1.75. The number of nitrogens with zero attached hydrogens (tertiary/aromatic N) is 1. The van der Waals surface area contributed by atoms with Gasteiger partial charge in [0.2, 0.25) is 0 Å². The molecule has 0 bridgehead atoms. The van der Waals surface area contributed by atoms with E-state index < -0.39 is 5.09 Å². The molecule has 0 spiro atoms. The first kappa shape index (κ1) is 15.7. The molecular formula is EuNO3Y+4. The Hall–Kier alpha value is 1.89. The van der Waals surface area contributed by atoms with Gasteiger partial charge in [-0.15, -0.1) is 0 Å². The van der Waals surface area contributed by atoms with Gasteiger partial charge in [-0.2, -0.15) is 0 Å². The van der Waals surface area contributed by atoms with Gasteiger partial charge < -0.3 is 15.3 Å². The molecule has 0 aliphatic carbocycles. The van der Waals surface area contributed by atoms with Gasteiger partial charge >= 0.3 is 82.1 Å². The van der Waals surface area contributed by atoms with Crippen LogP contribution < -0.4 is 0 Å². The molecule has 4 nitrogen and oxygen atoms in total. The monoisotopic (exact) mass is 304 g/mol. The molecule has 0 amide bonds. The minimum absolute atomic E-state index is 0. The summed E-state index contributed by atoms with van der Waals surface area (Å²) in [6.45, 7) is 0. The van der Waals surface area contributed by atoms with Crippen LogP contribution in [-0.4, -0.2) is 5.09 Å². The van der Waals surface area contributed by atoms with Gasteiger partial charge in [-0.25, -0.2) is 0 Å². The quantitative estimate of drug-likeness (QED) is 0.458. The molecule has 0 aliphatic rings. The molecule has 0 atom stereocenters. The summed E-state index contributed by atoms with van der Waals surface area (Å²) in [5.74, 6) is 0. The van der Waals surface area contributed by atoms with Crippen LogP contribution in [0.3, 0.4) is 0 Å². The molecule has 0 aliphatic heterocycles. The van der Waals surface area contributed by atoms with E-state index in [1.807, 2.05) is 0 Å². The average Bonchev–Trinajstić information content (AvgIpc) is 0.811. The van der Waals surface area contributed by atoms with Crippen molar-refractivity contribution in [3.05, 3.63) is 15.3 Å². The Balaban J connectivity index is -0.0000000450. The van der Waals surface area contributed by atoms with E-state index in [1.54, 1.807) is 0 Å². The molecule has 0 aromatic carbocycles. The number of rotatable bonds is 0. The summed E-state index contributed by atoms with van der Waals surface area (Å²) in [5.41, 5.74) is 0. The first-order valence-corrected chi connectivity index (χ1v) is 0.548. The van der Waals surface area contributed by atoms with Gasteiger partial charge in [0.25, 0.3) is 0 Å². The second-order valence-electron chi connectivity index (χ2n) is 0.224. The summed E-state index contributed by atoms with van der Waals surface area (Å²) in [6.07, 6.45) is 0. The van der Waals surface area contributed by atoms with Crippen LogP contribution in [0.2, 0.25) is 0 Å². The average molecular weight is 303 g/mol. The first-order chi connectivity index (χ1) is 1.73. The van der Waals surface area contributed by atoms with Crippen molar-refractivity contribution in [3.8, 4) is 0 Å². The second-order valence-corrected chi connectivity index (χ2v) is 0.224. The standard InChI is InChI=1S/Eu.NO3.Y/c;2-1(3)4;/q+2;-1;+3. The van der Waals surface area contributed by atoms with E-state index in [0.29, 0.717) is 0 Å². The van der Waals surface area contributed by atoms with Crippen LogP contribution in [0.4, 0.5) is 0 Å².